The van der Waals surface area contributed by atoms with Crippen molar-refractivity contribution < 1.29 is 9.53 Å². The van der Waals surface area contributed by atoms with Gasteiger partial charge in [0.05, 0.1) is 13.3 Å². The fraction of sp³-hybridized carbons (Fsp3) is 0.667. The number of ether oxygens (including phenoxy) is 1. The highest BCUT2D eigenvalue weighted by Gasteiger charge is 2.22. The summed E-state index contributed by atoms with van der Waals surface area (Å²) in [7, 11) is 1.54. The second-order valence-corrected chi connectivity index (χ2v) is 4.40. The van der Waals surface area contributed by atoms with Crippen molar-refractivity contribution in [1.82, 2.24) is 9.78 Å². The second kappa shape index (κ2) is 5.82. The minimum Gasteiger partial charge on any atom is -0.493 e. The van der Waals surface area contributed by atoms with E-state index in [4.69, 9.17) is 10.5 Å². The molecule has 0 radical (unpaired) electrons. The van der Waals surface area contributed by atoms with E-state index in [1.807, 2.05) is 20.8 Å². The predicted molar refractivity (Wildman–Crippen MR) is 66.4 cm³/mol. The summed E-state index contributed by atoms with van der Waals surface area (Å²) in [5.74, 6) is 0.509. The standard InChI is InChI=1S/C12H21N3O2/c1-5-9(13)6-10(16)12-11(17-4)7-14-15(12)8(2)3/h7-9H,5-6,13H2,1-4H3. The van der Waals surface area contributed by atoms with Gasteiger partial charge in [-0.05, 0) is 20.3 Å². The Bertz CT molecular complexity index is 385. The van der Waals surface area contributed by atoms with Crippen LogP contribution in [0.25, 0.3) is 0 Å². The van der Waals surface area contributed by atoms with Crippen LogP contribution in [0, 0.1) is 0 Å². The van der Waals surface area contributed by atoms with E-state index < -0.39 is 0 Å². The van der Waals surface area contributed by atoms with Crippen LogP contribution in [-0.4, -0.2) is 28.7 Å². The summed E-state index contributed by atoms with van der Waals surface area (Å²) in [6, 6.07) is 0.0124. The SMILES string of the molecule is CCC(N)CC(=O)c1c(OC)cnn1C(C)C. The number of Topliss-reactive ketones (excluding diaryl/α,β-unsaturated/α-hetero) is 1. The number of carbonyl (C=O) groups is 1. The van der Waals surface area contributed by atoms with Crippen molar-refractivity contribution in [3.63, 3.8) is 0 Å². The first-order valence-corrected chi connectivity index (χ1v) is 5.91. The first kappa shape index (κ1) is 13.7. The number of ketones is 1. The number of hydrogen-bond donors (Lipinski definition) is 1. The molecular formula is C12H21N3O2. The zero-order chi connectivity index (χ0) is 13.0. The molecule has 1 rings (SSSR count). The number of rotatable bonds is 6. The van der Waals surface area contributed by atoms with Gasteiger partial charge in [0.25, 0.3) is 0 Å². The molecule has 17 heavy (non-hydrogen) atoms. The Morgan fingerprint density at radius 1 is 1.59 bits per heavy atom. The molecule has 0 amide bonds. The normalized spacial score (nSPS) is 12.8. The van der Waals surface area contributed by atoms with E-state index in [0.717, 1.165) is 6.42 Å². The number of methoxy groups -OCH3 is 1. The molecule has 1 atom stereocenters. The Balaban J connectivity index is 3.01. The van der Waals surface area contributed by atoms with Gasteiger partial charge < -0.3 is 10.5 Å². The highest BCUT2D eigenvalue weighted by atomic mass is 16.5. The quantitative estimate of drug-likeness (QED) is 0.768. The topological polar surface area (TPSA) is 70.1 Å². The predicted octanol–water partition coefficient (Wildman–Crippen LogP) is 1.78. The monoisotopic (exact) mass is 239 g/mol. The zero-order valence-electron chi connectivity index (χ0n) is 10.9. The van der Waals surface area contributed by atoms with Gasteiger partial charge in [0, 0.05) is 18.5 Å². The van der Waals surface area contributed by atoms with Crippen molar-refractivity contribution in [2.24, 2.45) is 5.73 Å². The lowest BCUT2D eigenvalue weighted by atomic mass is 10.1. The molecule has 0 saturated carbocycles. The molecule has 0 aromatic carbocycles. The van der Waals surface area contributed by atoms with E-state index in [1.165, 1.54) is 7.11 Å². The molecule has 5 heteroatoms. The number of nitrogens with two attached hydrogens (primary N) is 1. The summed E-state index contributed by atoms with van der Waals surface area (Å²) in [5.41, 5.74) is 6.33. The highest BCUT2D eigenvalue weighted by Crippen LogP contribution is 2.23. The fourth-order valence-electron chi connectivity index (χ4n) is 1.63. The van der Waals surface area contributed by atoms with Crippen molar-refractivity contribution >= 4 is 5.78 Å². The third-order valence-electron chi connectivity index (χ3n) is 2.71. The molecule has 96 valence electrons. The van der Waals surface area contributed by atoms with Gasteiger partial charge in [-0.25, -0.2) is 0 Å². The number of aromatic nitrogens is 2. The van der Waals surface area contributed by atoms with Gasteiger partial charge in [0.2, 0.25) is 0 Å². The fourth-order valence-corrected chi connectivity index (χ4v) is 1.63. The Morgan fingerprint density at radius 3 is 2.71 bits per heavy atom. The smallest absolute Gasteiger partial charge is 0.186 e. The molecule has 1 heterocycles. The van der Waals surface area contributed by atoms with Gasteiger partial charge in [0.1, 0.15) is 5.69 Å². The molecule has 0 aliphatic heterocycles. The van der Waals surface area contributed by atoms with E-state index in [9.17, 15) is 4.79 Å². The first-order chi connectivity index (χ1) is 8.01. The maximum atomic E-state index is 12.2. The Labute approximate surface area is 102 Å². The molecule has 1 aromatic heterocycles. The molecule has 5 nitrogen and oxygen atoms in total. The summed E-state index contributed by atoms with van der Waals surface area (Å²) in [5, 5.41) is 4.17. The molecule has 0 spiro atoms. The van der Waals surface area contributed by atoms with Crippen molar-refractivity contribution in [2.75, 3.05) is 7.11 Å². The van der Waals surface area contributed by atoms with E-state index >= 15 is 0 Å². The van der Waals surface area contributed by atoms with Gasteiger partial charge >= 0.3 is 0 Å². The van der Waals surface area contributed by atoms with Crippen molar-refractivity contribution in [2.45, 2.75) is 45.7 Å². The first-order valence-electron chi connectivity index (χ1n) is 5.91. The van der Waals surface area contributed by atoms with Gasteiger partial charge in [-0.3, -0.25) is 9.48 Å². The van der Waals surface area contributed by atoms with Gasteiger partial charge in [-0.1, -0.05) is 6.92 Å². The van der Waals surface area contributed by atoms with Crippen molar-refractivity contribution in [1.29, 1.82) is 0 Å². The van der Waals surface area contributed by atoms with Crippen LogP contribution in [0.4, 0.5) is 0 Å². The summed E-state index contributed by atoms with van der Waals surface area (Å²) in [4.78, 5) is 12.2. The summed E-state index contributed by atoms with van der Waals surface area (Å²) < 4.78 is 6.85. The summed E-state index contributed by atoms with van der Waals surface area (Å²) >= 11 is 0. The third-order valence-corrected chi connectivity index (χ3v) is 2.71. The van der Waals surface area contributed by atoms with E-state index in [1.54, 1.807) is 10.9 Å². The molecule has 0 aliphatic carbocycles. The lowest BCUT2D eigenvalue weighted by Crippen LogP contribution is -2.24. The van der Waals surface area contributed by atoms with Crippen LogP contribution in [0.5, 0.6) is 5.75 Å². The van der Waals surface area contributed by atoms with Crippen LogP contribution in [-0.2, 0) is 0 Å². The number of nitrogens with zero attached hydrogens (tertiary/aromatic N) is 2. The summed E-state index contributed by atoms with van der Waals surface area (Å²) in [6.45, 7) is 5.92. The van der Waals surface area contributed by atoms with Gasteiger partial charge in [0.15, 0.2) is 11.5 Å². The van der Waals surface area contributed by atoms with Crippen molar-refractivity contribution in [3.05, 3.63) is 11.9 Å². The zero-order valence-corrected chi connectivity index (χ0v) is 10.9. The van der Waals surface area contributed by atoms with E-state index in [2.05, 4.69) is 5.10 Å². The van der Waals surface area contributed by atoms with E-state index in [0.29, 0.717) is 17.9 Å². The van der Waals surface area contributed by atoms with Gasteiger partial charge in [-0.15, -0.1) is 0 Å². The summed E-state index contributed by atoms with van der Waals surface area (Å²) in [6.07, 6.45) is 2.68. The average Bonchev–Trinajstić information content (AvgIpc) is 2.72. The van der Waals surface area contributed by atoms with Crippen LogP contribution in [0.1, 0.15) is 50.1 Å². The lowest BCUT2D eigenvalue weighted by Gasteiger charge is -2.13. The van der Waals surface area contributed by atoms with Gasteiger partial charge in [-0.2, -0.15) is 5.10 Å². The minimum atomic E-state index is -0.109. The largest absolute Gasteiger partial charge is 0.493 e. The minimum absolute atomic E-state index is 0.0117. The molecule has 0 aliphatic rings. The third kappa shape index (κ3) is 3.06. The molecular weight excluding hydrogens is 218 g/mol. The molecule has 1 unspecified atom stereocenters. The lowest BCUT2D eigenvalue weighted by molar-refractivity contribution is 0.0958. The average molecular weight is 239 g/mol. The highest BCUT2D eigenvalue weighted by molar-refractivity contribution is 5.97. The Hall–Kier alpha value is -1.36. The Kier molecular flexibility index (Phi) is 4.69. The molecule has 2 N–H and O–H groups in total. The van der Waals surface area contributed by atoms with Crippen LogP contribution in [0.3, 0.4) is 0 Å². The number of carbonyl (C=O) groups excluding carboxylic acids is 1. The molecule has 0 bridgehead atoms. The number of hydrogen-bond acceptors (Lipinski definition) is 4. The maximum Gasteiger partial charge on any atom is 0.186 e. The maximum absolute atomic E-state index is 12.2. The molecule has 0 fully saturated rings. The van der Waals surface area contributed by atoms with Crippen LogP contribution < -0.4 is 10.5 Å². The van der Waals surface area contributed by atoms with Crippen LogP contribution in [0.2, 0.25) is 0 Å². The second-order valence-electron chi connectivity index (χ2n) is 4.40. The molecule has 1 aromatic rings. The van der Waals surface area contributed by atoms with Crippen molar-refractivity contribution in [3.8, 4) is 5.75 Å². The Morgan fingerprint density at radius 2 is 2.24 bits per heavy atom. The van der Waals surface area contributed by atoms with Crippen LogP contribution in [0.15, 0.2) is 6.20 Å². The van der Waals surface area contributed by atoms with E-state index in [-0.39, 0.29) is 17.9 Å². The molecule has 0 saturated heterocycles. The van der Waals surface area contributed by atoms with Crippen LogP contribution >= 0.6 is 0 Å².